The quantitative estimate of drug-likeness (QED) is 0.490. The lowest BCUT2D eigenvalue weighted by molar-refractivity contribution is 0.206. The van der Waals surface area contributed by atoms with Crippen LogP contribution < -0.4 is 5.73 Å². The third kappa shape index (κ3) is 6.79. The molecule has 4 heteroatoms. The molecule has 0 aromatic rings. The van der Waals surface area contributed by atoms with Gasteiger partial charge in [-0.2, -0.15) is 0 Å². The second-order valence-electron chi connectivity index (χ2n) is 3.30. The summed E-state index contributed by atoms with van der Waals surface area (Å²) in [4.78, 5) is 0. The Bertz CT molecular complexity index is 109. The van der Waals surface area contributed by atoms with Crippen LogP contribution in [0.3, 0.4) is 0 Å². The van der Waals surface area contributed by atoms with Crippen LogP contribution in [-0.4, -0.2) is 28.8 Å². The van der Waals surface area contributed by atoms with Crippen LogP contribution in [0.2, 0.25) is 13.1 Å². The first kappa shape index (κ1) is 12.1. The molecule has 0 aliphatic rings. The molecule has 0 atom stereocenters. The smallest absolute Gasteiger partial charge is 0.331 e. The van der Waals surface area contributed by atoms with E-state index >= 15 is 0 Å². The van der Waals surface area contributed by atoms with Gasteiger partial charge in [0.2, 0.25) is 0 Å². The summed E-state index contributed by atoms with van der Waals surface area (Å²) in [5.74, 6) is 0. The Morgan fingerprint density at radius 1 is 1.17 bits per heavy atom. The topological polar surface area (TPSA) is 44.5 Å². The van der Waals surface area contributed by atoms with Gasteiger partial charge in [-0.3, -0.25) is 0 Å². The SMILES string of the molecule is CO[Si](C)(C)OCCCCCN. The average molecular weight is 191 g/mol. The maximum atomic E-state index is 5.60. The Hall–Kier alpha value is 0.0969. The van der Waals surface area contributed by atoms with Crippen molar-refractivity contribution in [3.8, 4) is 0 Å². The minimum absolute atomic E-state index is 0.783. The molecule has 0 saturated carbocycles. The lowest BCUT2D eigenvalue weighted by atomic mass is 10.2. The maximum absolute atomic E-state index is 5.60. The van der Waals surface area contributed by atoms with Crippen LogP contribution in [0.5, 0.6) is 0 Å². The number of hydrogen-bond acceptors (Lipinski definition) is 3. The Kier molecular flexibility index (Phi) is 6.65. The number of nitrogens with two attached hydrogens (primary N) is 1. The van der Waals surface area contributed by atoms with E-state index in [4.69, 9.17) is 14.6 Å². The van der Waals surface area contributed by atoms with Gasteiger partial charge in [-0.1, -0.05) is 0 Å². The molecule has 0 aromatic heterocycles. The fourth-order valence-corrected chi connectivity index (χ4v) is 1.55. The molecule has 3 nitrogen and oxygen atoms in total. The summed E-state index contributed by atoms with van der Waals surface area (Å²) in [6.45, 7) is 5.70. The first-order valence-corrected chi connectivity index (χ1v) is 7.33. The molecule has 74 valence electrons. The van der Waals surface area contributed by atoms with Gasteiger partial charge < -0.3 is 14.6 Å². The van der Waals surface area contributed by atoms with Crippen molar-refractivity contribution in [1.29, 1.82) is 0 Å². The Morgan fingerprint density at radius 3 is 2.33 bits per heavy atom. The van der Waals surface area contributed by atoms with Crippen LogP contribution in [0, 0.1) is 0 Å². The molecule has 2 N–H and O–H groups in total. The molecular weight excluding hydrogens is 170 g/mol. The van der Waals surface area contributed by atoms with Gasteiger partial charge in [0.1, 0.15) is 0 Å². The van der Waals surface area contributed by atoms with E-state index in [1.807, 2.05) is 0 Å². The van der Waals surface area contributed by atoms with Crippen molar-refractivity contribution in [1.82, 2.24) is 0 Å². The van der Waals surface area contributed by atoms with Gasteiger partial charge in [0.05, 0.1) is 0 Å². The van der Waals surface area contributed by atoms with E-state index in [0.717, 1.165) is 32.4 Å². The average Bonchev–Trinajstić information content (AvgIpc) is 2.04. The van der Waals surface area contributed by atoms with Gasteiger partial charge in [-0.15, -0.1) is 0 Å². The molecule has 0 unspecified atom stereocenters. The van der Waals surface area contributed by atoms with Crippen molar-refractivity contribution in [3.05, 3.63) is 0 Å². The highest BCUT2D eigenvalue weighted by atomic mass is 28.4. The van der Waals surface area contributed by atoms with E-state index in [2.05, 4.69) is 13.1 Å². The summed E-state index contributed by atoms with van der Waals surface area (Å²) in [6.07, 6.45) is 3.35. The maximum Gasteiger partial charge on any atom is 0.331 e. The molecule has 0 saturated heterocycles. The first-order chi connectivity index (χ1) is 5.62. The molecule has 0 spiro atoms. The fourth-order valence-electron chi connectivity index (χ4n) is 0.800. The second-order valence-corrected chi connectivity index (χ2v) is 6.80. The van der Waals surface area contributed by atoms with Gasteiger partial charge >= 0.3 is 8.56 Å². The monoisotopic (exact) mass is 191 g/mol. The molecule has 0 amide bonds. The summed E-state index contributed by atoms with van der Waals surface area (Å²) >= 11 is 0. The Labute approximate surface area is 76.5 Å². The molecule has 0 heterocycles. The van der Waals surface area contributed by atoms with Gasteiger partial charge in [0.25, 0.3) is 0 Å². The van der Waals surface area contributed by atoms with Gasteiger partial charge in [-0.05, 0) is 38.9 Å². The zero-order valence-electron chi connectivity index (χ0n) is 8.43. The van der Waals surface area contributed by atoms with E-state index in [1.165, 1.54) is 0 Å². The lowest BCUT2D eigenvalue weighted by Gasteiger charge is -2.19. The summed E-state index contributed by atoms with van der Waals surface area (Å²) < 4.78 is 10.8. The summed E-state index contributed by atoms with van der Waals surface area (Å²) in [6, 6.07) is 0. The minimum atomic E-state index is -1.77. The van der Waals surface area contributed by atoms with E-state index in [0.29, 0.717) is 0 Å². The van der Waals surface area contributed by atoms with Crippen molar-refractivity contribution in [2.75, 3.05) is 20.3 Å². The van der Waals surface area contributed by atoms with E-state index in [9.17, 15) is 0 Å². The van der Waals surface area contributed by atoms with Crippen molar-refractivity contribution in [2.45, 2.75) is 32.4 Å². The van der Waals surface area contributed by atoms with Crippen LogP contribution in [0.4, 0.5) is 0 Å². The van der Waals surface area contributed by atoms with Crippen molar-refractivity contribution < 1.29 is 8.85 Å². The van der Waals surface area contributed by atoms with Gasteiger partial charge in [0, 0.05) is 13.7 Å². The molecule has 0 radical (unpaired) electrons. The van der Waals surface area contributed by atoms with Crippen LogP contribution >= 0.6 is 0 Å². The Balaban J connectivity index is 3.19. The highest BCUT2D eigenvalue weighted by molar-refractivity contribution is 6.64. The molecule has 0 aromatic carbocycles. The van der Waals surface area contributed by atoms with E-state index in [-0.39, 0.29) is 0 Å². The molecule has 0 rings (SSSR count). The zero-order chi connectivity index (χ0) is 9.45. The molecule has 12 heavy (non-hydrogen) atoms. The number of rotatable bonds is 7. The molecule has 0 fully saturated rings. The highest BCUT2D eigenvalue weighted by Gasteiger charge is 2.21. The third-order valence-electron chi connectivity index (χ3n) is 1.79. The van der Waals surface area contributed by atoms with Gasteiger partial charge in [-0.25, -0.2) is 0 Å². The highest BCUT2D eigenvalue weighted by Crippen LogP contribution is 2.05. The predicted octanol–water partition coefficient (Wildman–Crippen LogP) is 1.48. The fraction of sp³-hybridized carbons (Fsp3) is 1.00. The van der Waals surface area contributed by atoms with E-state index < -0.39 is 8.56 Å². The normalized spacial score (nSPS) is 12.0. The van der Waals surface area contributed by atoms with Crippen LogP contribution in [0.25, 0.3) is 0 Å². The Morgan fingerprint density at radius 2 is 1.83 bits per heavy atom. The van der Waals surface area contributed by atoms with Crippen LogP contribution in [0.1, 0.15) is 19.3 Å². The van der Waals surface area contributed by atoms with Gasteiger partial charge in [0.15, 0.2) is 0 Å². The largest absolute Gasteiger partial charge is 0.398 e. The summed E-state index contributed by atoms with van der Waals surface area (Å²) in [7, 11) is -0.0543. The predicted molar refractivity (Wildman–Crippen MR) is 53.3 cm³/mol. The third-order valence-corrected chi connectivity index (χ3v) is 3.67. The molecular formula is C8H21NO2Si. The van der Waals surface area contributed by atoms with Crippen molar-refractivity contribution >= 4 is 8.56 Å². The van der Waals surface area contributed by atoms with Crippen LogP contribution in [0.15, 0.2) is 0 Å². The lowest BCUT2D eigenvalue weighted by Crippen LogP contribution is -2.33. The summed E-state index contributed by atoms with van der Waals surface area (Å²) in [5.41, 5.74) is 5.37. The molecule has 0 aliphatic carbocycles. The number of unbranched alkanes of at least 4 members (excludes halogenated alkanes) is 2. The van der Waals surface area contributed by atoms with Crippen molar-refractivity contribution in [3.63, 3.8) is 0 Å². The standard InChI is InChI=1S/C8H21NO2Si/c1-10-12(2,3)11-8-6-4-5-7-9/h4-9H2,1-3H3. The molecule has 0 bridgehead atoms. The second kappa shape index (κ2) is 6.60. The van der Waals surface area contributed by atoms with Crippen molar-refractivity contribution in [2.24, 2.45) is 5.73 Å². The van der Waals surface area contributed by atoms with Crippen LogP contribution in [-0.2, 0) is 8.85 Å². The zero-order valence-corrected chi connectivity index (χ0v) is 9.43. The van der Waals surface area contributed by atoms with E-state index in [1.54, 1.807) is 7.11 Å². The minimum Gasteiger partial charge on any atom is -0.398 e. The first-order valence-electron chi connectivity index (χ1n) is 4.51. The summed E-state index contributed by atoms with van der Waals surface area (Å²) in [5, 5.41) is 0. The number of hydrogen-bond donors (Lipinski definition) is 1. The molecule has 0 aliphatic heterocycles.